The van der Waals surface area contributed by atoms with Crippen LogP contribution in [0.3, 0.4) is 0 Å². The van der Waals surface area contributed by atoms with Crippen LogP contribution in [0.1, 0.15) is 27.8 Å². The number of halogens is 1. The van der Waals surface area contributed by atoms with Crippen molar-refractivity contribution in [1.82, 2.24) is 5.32 Å². The van der Waals surface area contributed by atoms with E-state index in [-0.39, 0.29) is 12.4 Å². The Balaban J connectivity index is 1.96. The number of nitrogens with one attached hydrogen (secondary N) is 1. The van der Waals surface area contributed by atoms with Crippen LogP contribution in [0.5, 0.6) is 5.75 Å². The Hall–Kier alpha value is -2.95. The molecule has 3 rings (SSSR count). The molecule has 2 N–H and O–H groups in total. The summed E-state index contributed by atoms with van der Waals surface area (Å²) >= 11 is 0. The van der Waals surface area contributed by atoms with Gasteiger partial charge in [-0.25, -0.2) is 4.39 Å². The molecule has 0 aliphatic carbocycles. The van der Waals surface area contributed by atoms with Crippen molar-refractivity contribution in [3.63, 3.8) is 0 Å². The first-order valence-electron chi connectivity index (χ1n) is 10.1. The van der Waals surface area contributed by atoms with E-state index in [1.165, 1.54) is 0 Å². The second kappa shape index (κ2) is 10.2. The number of hydrogen-bond acceptors (Lipinski definition) is 3. The van der Waals surface area contributed by atoms with E-state index in [1.807, 2.05) is 50.2 Å². The minimum Gasteiger partial charge on any atom is -0.496 e. The van der Waals surface area contributed by atoms with Gasteiger partial charge >= 0.3 is 0 Å². The summed E-state index contributed by atoms with van der Waals surface area (Å²) in [5, 5.41) is 12.1. The van der Waals surface area contributed by atoms with Crippen LogP contribution in [0.25, 0.3) is 23.0 Å². The fraction of sp³-hybridized carbons (Fsp3) is 0.231. The average molecular weight is 406 g/mol. The molecule has 0 radical (unpaired) electrons. The summed E-state index contributed by atoms with van der Waals surface area (Å²) < 4.78 is 20.8. The Morgan fingerprint density at radius 3 is 2.53 bits per heavy atom. The van der Waals surface area contributed by atoms with Gasteiger partial charge in [-0.3, -0.25) is 0 Å². The maximum atomic E-state index is 15.3. The third-order valence-corrected chi connectivity index (χ3v) is 5.23. The van der Waals surface area contributed by atoms with Gasteiger partial charge in [-0.15, -0.1) is 0 Å². The second-order valence-electron chi connectivity index (χ2n) is 7.26. The number of aliphatic hydroxyl groups is 1. The standard InChI is InChI=1S/C26H28FNO2/c1-18-14-22(17-28-12-13-29)26(30-3)16-24(18)25(27)15-21-10-7-11-23(19(21)2)20-8-5-4-6-9-20/h4-11,14-16,28-29H,12-13,17H2,1-3H3/b25-15-. The van der Waals surface area contributed by atoms with E-state index in [0.717, 1.165) is 33.4 Å². The highest BCUT2D eigenvalue weighted by molar-refractivity contribution is 5.82. The first-order chi connectivity index (χ1) is 14.5. The van der Waals surface area contributed by atoms with E-state index in [0.29, 0.717) is 24.4 Å². The molecule has 30 heavy (non-hydrogen) atoms. The number of methoxy groups -OCH3 is 1. The van der Waals surface area contributed by atoms with E-state index >= 15 is 4.39 Å². The molecule has 0 bridgehead atoms. The van der Waals surface area contributed by atoms with Crippen molar-refractivity contribution in [3.8, 4) is 16.9 Å². The molecule has 3 nitrogen and oxygen atoms in total. The summed E-state index contributed by atoms with van der Waals surface area (Å²) in [6.07, 6.45) is 1.59. The average Bonchev–Trinajstić information content (AvgIpc) is 2.76. The molecule has 0 aromatic heterocycles. The second-order valence-corrected chi connectivity index (χ2v) is 7.26. The number of rotatable bonds is 8. The van der Waals surface area contributed by atoms with E-state index < -0.39 is 0 Å². The molecule has 0 saturated carbocycles. The molecule has 3 aromatic rings. The molecule has 3 aromatic carbocycles. The van der Waals surface area contributed by atoms with Gasteiger partial charge < -0.3 is 15.2 Å². The third-order valence-electron chi connectivity index (χ3n) is 5.23. The van der Waals surface area contributed by atoms with E-state index in [4.69, 9.17) is 9.84 Å². The SMILES string of the molecule is COc1cc(/C(F)=C/c2cccc(-c3ccccc3)c2C)c(C)cc1CNCCO. The maximum absolute atomic E-state index is 15.3. The normalized spacial score (nSPS) is 11.6. The Kier molecular flexibility index (Phi) is 7.39. The Morgan fingerprint density at radius 1 is 1.07 bits per heavy atom. The molecule has 4 heteroatoms. The number of aliphatic hydroxyl groups excluding tert-OH is 1. The third kappa shape index (κ3) is 4.96. The van der Waals surface area contributed by atoms with Crippen molar-refractivity contribution in [2.24, 2.45) is 0 Å². The van der Waals surface area contributed by atoms with Crippen LogP contribution in [0.2, 0.25) is 0 Å². The fourth-order valence-corrected chi connectivity index (χ4v) is 3.59. The molecule has 0 aliphatic heterocycles. The van der Waals surface area contributed by atoms with Gasteiger partial charge in [0.25, 0.3) is 0 Å². The fourth-order valence-electron chi connectivity index (χ4n) is 3.59. The molecule has 0 fully saturated rings. The van der Waals surface area contributed by atoms with E-state index in [2.05, 4.69) is 23.5 Å². The highest BCUT2D eigenvalue weighted by Crippen LogP contribution is 2.32. The minimum atomic E-state index is -0.297. The number of ether oxygens (including phenoxy) is 1. The van der Waals surface area contributed by atoms with Gasteiger partial charge in [0.2, 0.25) is 0 Å². The predicted molar refractivity (Wildman–Crippen MR) is 122 cm³/mol. The molecule has 0 aliphatic rings. The van der Waals surface area contributed by atoms with Crippen molar-refractivity contribution < 1.29 is 14.2 Å². The van der Waals surface area contributed by atoms with Gasteiger partial charge in [0.1, 0.15) is 11.6 Å². The number of benzene rings is 3. The summed E-state index contributed by atoms with van der Waals surface area (Å²) in [6, 6.07) is 19.7. The highest BCUT2D eigenvalue weighted by Gasteiger charge is 2.13. The van der Waals surface area contributed by atoms with Gasteiger partial charge in [-0.1, -0.05) is 54.6 Å². The molecule has 0 spiro atoms. The van der Waals surface area contributed by atoms with Crippen LogP contribution < -0.4 is 10.1 Å². The zero-order valence-electron chi connectivity index (χ0n) is 17.7. The van der Waals surface area contributed by atoms with Gasteiger partial charge in [0.05, 0.1) is 13.7 Å². The van der Waals surface area contributed by atoms with E-state index in [1.54, 1.807) is 19.3 Å². The van der Waals surface area contributed by atoms with Crippen LogP contribution >= 0.6 is 0 Å². The molecule has 0 unspecified atom stereocenters. The molecule has 0 amide bonds. The van der Waals surface area contributed by atoms with Crippen molar-refractivity contribution in [1.29, 1.82) is 0 Å². The molecular weight excluding hydrogens is 377 g/mol. The summed E-state index contributed by atoms with van der Waals surface area (Å²) in [5.41, 5.74) is 6.38. The van der Waals surface area contributed by atoms with Gasteiger partial charge in [-0.05, 0) is 53.8 Å². The first-order valence-corrected chi connectivity index (χ1v) is 10.1. The highest BCUT2D eigenvalue weighted by atomic mass is 19.1. The number of hydrogen-bond donors (Lipinski definition) is 2. The van der Waals surface area contributed by atoms with Crippen LogP contribution in [0, 0.1) is 13.8 Å². The Bertz CT molecular complexity index is 1030. The first kappa shape index (κ1) is 21.8. The van der Waals surface area contributed by atoms with Crippen molar-refractivity contribution in [2.75, 3.05) is 20.3 Å². The van der Waals surface area contributed by atoms with Crippen molar-refractivity contribution in [2.45, 2.75) is 20.4 Å². The molecule has 156 valence electrons. The van der Waals surface area contributed by atoms with Gasteiger partial charge in [-0.2, -0.15) is 0 Å². The van der Waals surface area contributed by atoms with Crippen molar-refractivity contribution >= 4 is 11.9 Å². The smallest absolute Gasteiger partial charge is 0.131 e. The monoisotopic (exact) mass is 405 g/mol. The summed E-state index contributed by atoms with van der Waals surface area (Å²) in [5.74, 6) is 0.327. The lowest BCUT2D eigenvalue weighted by atomic mass is 9.95. The van der Waals surface area contributed by atoms with Gasteiger partial charge in [0.15, 0.2) is 0 Å². The summed E-state index contributed by atoms with van der Waals surface area (Å²) in [4.78, 5) is 0. The zero-order chi connectivity index (χ0) is 21.5. The van der Waals surface area contributed by atoms with Crippen LogP contribution in [-0.2, 0) is 6.54 Å². The summed E-state index contributed by atoms with van der Waals surface area (Å²) in [7, 11) is 1.58. The van der Waals surface area contributed by atoms with Crippen LogP contribution in [0.15, 0.2) is 60.7 Å². The quantitative estimate of drug-likeness (QED) is 0.383. The lowest BCUT2D eigenvalue weighted by Crippen LogP contribution is -2.18. The Labute approximate surface area is 177 Å². The topological polar surface area (TPSA) is 41.5 Å². The Morgan fingerprint density at radius 2 is 1.83 bits per heavy atom. The van der Waals surface area contributed by atoms with E-state index in [9.17, 15) is 0 Å². The molecular formula is C26H28FNO2. The van der Waals surface area contributed by atoms with Crippen LogP contribution in [-0.4, -0.2) is 25.4 Å². The van der Waals surface area contributed by atoms with Gasteiger partial charge in [0, 0.05) is 24.2 Å². The zero-order valence-corrected chi connectivity index (χ0v) is 17.7. The number of aryl methyl sites for hydroxylation is 1. The lowest BCUT2D eigenvalue weighted by Gasteiger charge is -2.14. The largest absolute Gasteiger partial charge is 0.496 e. The van der Waals surface area contributed by atoms with Crippen molar-refractivity contribution in [3.05, 3.63) is 88.5 Å². The molecule has 0 atom stereocenters. The minimum absolute atomic E-state index is 0.0676. The lowest BCUT2D eigenvalue weighted by molar-refractivity contribution is 0.291. The maximum Gasteiger partial charge on any atom is 0.131 e. The van der Waals surface area contributed by atoms with Crippen LogP contribution in [0.4, 0.5) is 4.39 Å². The summed E-state index contributed by atoms with van der Waals surface area (Å²) in [6.45, 7) is 5.03. The predicted octanol–water partition coefficient (Wildman–Crippen LogP) is 5.53. The molecule has 0 saturated heterocycles. The molecule has 0 heterocycles.